The number of ether oxygens (including phenoxy) is 1. The van der Waals surface area contributed by atoms with E-state index in [0.717, 1.165) is 20.3 Å². The number of alkyl halides is 3. The maximum atomic E-state index is 12.4. The fourth-order valence-corrected chi connectivity index (χ4v) is 1.17. The van der Waals surface area contributed by atoms with E-state index in [-0.39, 0.29) is 4.73 Å². The van der Waals surface area contributed by atoms with Gasteiger partial charge in [-0.25, -0.2) is 4.79 Å². The number of carbonyl (C=O) groups is 1. The molecule has 0 radical (unpaired) electrons. The summed E-state index contributed by atoms with van der Waals surface area (Å²) in [6, 6.07) is 1.31. The third-order valence-corrected chi connectivity index (χ3v) is 1.92. The summed E-state index contributed by atoms with van der Waals surface area (Å²) in [6.45, 7) is 0. The molecule has 8 heteroatoms. The van der Waals surface area contributed by atoms with E-state index in [9.17, 15) is 22.8 Å². The summed E-state index contributed by atoms with van der Waals surface area (Å²) < 4.78 is 41.7. The molecular weight excluding hydrogens is 243 g/mol. The van der Waals surface area contributed by atoms with Crippen LogP contribution >= 0.6 is 0 Å². The van der Waals surface area contributed by atoms with E-state index >= 15 is 0 Å². The first-order valence-electron chi connectivity index (χ1n) is 4.29. The standard InChI is InChI=1S/C9H8F3NO4/c1-16-8(15)6-4-3-5(9(10,11)12)7(14)13(6)17-2/h3-4H,1-2H3. The highest BCUT2D eigenvalue weighted by Gasteiger charge is 2.35. The van der Waals surface area contributed by atoms with Crippen LogP contribution in [0.1, 0.15) is 16.1 Å². The van der Waals surface area contributed by atoms with Crippen LogP contribution in [0.15, 0.2) is 16.9 Å². The molecular formula is C9H8F3NO4. The van der Waals surface area contributed by atoms with Gasteiger partial charge in [0.1, 0.15) is 12.7 Å². The van der Waals surface area contributed by atoms with Crippen molar-refractivity contribution in [3.63, 3.8) is 0 Å². The van der Waals surface area contributed by atoms with Gasteiger partial charge >= 0.3 is 12.1 Å². The van der Waals surface area contributed by atoms with Crippen LogP contribution in [-0.2, 0) is 10.9 Å². The van der Waals surface area contributed by atoms with Gasteiger partial charge in [0, 0.05) is 0 Å². The van der Waals surface area contributed by atoms with Crippen LogP contribution in [-0.4, -0.2) is 24.9 Å². The van der Waals surface area contributed by atoms with Crippen LogP contribution in [0.2, 0.25) is 0 Å². The Bertz CT molecular complexity index is 492. The van der Waals surface area contributed by atoms with E-state index in [1.807, 2.05) is 0 Å². The van der Waals surface area contributed by atoms with Gasteiger partial charge in [-0.05, 0) is 12.1 Å². The molecule has 0 atom stereocenters. The fourth-order valence-electron chi connectivity index (χ4n) is 1.17. The van der Waals surface area contributed by atoms with Crippen LogP contribution in [0.5, 0.6) is 0 Å². The molecule has 0 bridgehead atoms. The van der Waals surface area contributed by atoms with E-state index in [2.05, 4.69) is 9.57 Å². The lowest BCUT2D eigenvalue weighted by Crippen LogP contribution is -2.35. The van der Waals surface area contributed by atoms with Crippen LogP contribution in [0.4, 0.5) is 13.2 Å². The first-order valence-corrected chi connectivity index (χ1v) is 4.29. The molecule has 1 rings (SSSR count). The predicted molar refractivity (Wildman–Crippen MR) is 49.5 cm³/mol. The van der Waals surface area contributed by atoms with E-state index in [4.69, 9.17) is 0 Å². The van der Waals surface area contributed by atoms with Gasteiger partial charge in [-0.15, -0.1) is 4.73 Å². The van der Waals surface area contributed by atoms with Crippen molar-refractivity contribution in [1.82, 2.24) is 4.73 Å². The molecule has 5 nitrogen and oxygen atoms in total. The molecule has 1 aromatic rings. The SMILES string of the molecule is COC(=O)c1ccc(C(F)(F)F)c(=O)n1OC. The second-order valence-electron chi connectivity index (χ2n) is 2.90. The van der Waals surface area contributed by atoms with Gasteiger partial charge in [0.15, 0.2) is 5.69 Å². The van der Waals surface area contributed by atoms with E-state index in [0.29, 0.717) is 6.07 Å². The number of halogens is 3. The Morgan fingerprint density at radius 2 is 1.88 bits per heavy atom. The van der Waals surface area contributed by atoms with Gasteiger partial charge in [0.05, 0.1) is 7.11 Å². The van der Waals surface area contributed by atoms with Crippen molar-refractivity contribution < 1.29 is 27.5 Å². The first-order chi connectivity index (χ1) is 7.82. The summed E-state index contributed by atoms with van der Waals surface area (Å²) in [6.07, 6.45) is -4.81. The zero-order chi connectivity index (χ0) is 13.2. The predicted octanol–water partition coefficient (Wildman–Crippen LogP) is 0.712. The number of pyridine rings is 1. The third kappa shape index (κ3) is 2.40. The van der Waals surface area contributed by atoms with Gasteiger partial charge in [0.2, 0.25) is 0 Å². The first kappa shape index (κ1) is 13.1. The Hall–Kier alpha value is -1.99. The fraction of sp³-hybridized carbons (Fsp3) is 0.333. The summed E-state index contributed by atoms with van der Waals surface area (Å²) in [5.74, 6) is -0.974. The van der Waals surface area contributed by atoms with Crippen molar-refractivity contribution in [3.05, 3.63) is 33.7 Å². The molecule has 0 saturated carbocycles. The van der Waals surface area contributed by atoms with Gasteiger partial charge in [-0.3, -0.25) is 4.79 Å². The highest BCUT2D eigenvalue weighted by atomic mass is 19.4. The largest absolute Gasteiger partial charge is 0.464 e. The average Bonchev–Trinajstić information content (AvgIpc) is 2.25. The van der Waals surface area contributed by atoms with E-state index in [1.165, 1.54) is 0 Å². The van der Waals surface area contributed by atoms with Crippen molar-refractivity contribution >= 4 is 5.97 Å². The molecule has 0 aromatic carbocycles. The van der Waals surface area contributed by atoms with E-state index < -0.39 is 29.0 Å². The Kier molecular flexibility index (Phi) is 3.45. The van der Waals surface area contributed by atoms with Gasteiger partial charge in [-0.2, -0.15) is 13.2 Å². The molecule has 1 aromatic heterocycles. The second-order valence-corrected chi connectivity index (χ2v) is 2.90. The minimum atomic E-state index is -4.81. The molecule has 94 valence electrons. The van der Waals surface area contributed by atoms with Crippen molar-refractivity contribution in [3.8, 4) is 0 Å². The second kappa shape index (κ2) is 4.48. The molecule has 0 unspecified atom stereocenters. The van der Waals surface area contributed by atoms with E-state index in [1.54, 1.807) is 0 Å². The van der Waals surface area contributed by atoms with Crippen LogP contribution in [0.25, 0.3) is 0 Å². The smallest absolute Gasteiger partial charge is 0.421 e. The molecule has 1 heterocycles. The maximum absolute atomic E-state index is 12.4. The lowest BCUT2D eigenvalue weighted by atomic mass is 10.2. The van der Waals surface area contributed by atoms with Gasteiger partial charge in [0.25, 0.3) is 5.56 Å². The topological polar surface area (TPSA) is 57.5 Å². The number of aromatic nitrogens is 1. The number of hydrogen-bond acceptors (Lipinski definition) is 4. The number of esters is 1. The molecule has 0 fully saturated rings. The minimum Gasteiger partial charge on any atom is -0.464 e. The number of nitrogens with zero attached hydrogens (tertiary/aromatic N) is 1. The number of carbonyl (C=O) groups excluding carboxylic acids is 1. The molecule has 0 aliphatic carbocycles. The lowest BCUT2D eigenvalue weighted by Gasteiger charge is -2.12. The summed E-state index contributed by atoms with van der Waals surface area (Å²) in [5.41, 5.74) is -3.32. The highest BCUT2D eigenvalue weighted by Crippen LogP contribution is 2.26. The maximum Gasteiger partial charge on any atom is 0.421 e. The number of hydrogen-bond donors (Lipinski definition) is 0. The summed E-state index contributed by atoms with van der Waals surface area (Å²) in [4.78, 5) is 27.0. The lowest BCUT2D eigenvalue weighted by molar-refractivity contribution is -0.139. The summed E-state index contributed by atoms with van der Waals surface area (Å²) in [7, 11) is 2.00. The van der Waals surface area contributed by atoms with Gasteiger partial charge < -0.3 is 9.57 Å². The molecule has 0 aliphatic rings. The Morgan fingerprint density at radius 1 is 1.29 bits per heavy atom. The molecule has 0 spiro atoms. The highest BCUT2D eigenvalue weighted by molar-refractivity contribution is 5.87. The number of methoxy groups -OCH3 is 1. The van der Waals surface area contributed by atoms with Crippen LogP contribution in [0, 0.1) is 0 Å². The summed E-state index contributed by atoms with van der Waals surface area (Å²) in [5, 5.41) is 0. The monoisotopic (exact) mass is 251 g/mol. The molecule has 17 heavy (non-hydrogen) atoms. The quantitative estimate of drug-likeness (QED) is 0.726. The van der Waals surface area contributed by atoms with Crippen molar-refractivity contribution in [2.75, 3.05) is 14.2 Å². The molecule has 0 amide bonds. The van der Waals surface area contributed by atoms with Crippen LogP contribution in [0.3, 0.4) is 0 Å². The van der Waals surface area contributed by atoms with Crippen molar-refractivity contribution in [2.24, 2.45) is 0 Å². The zero-order valence-corrected chi connectivity index (χ0v) is 8.87. The van der Waals surface area contributed by atoms with Crippen molar-refractivity contribution in [1.29, 1.82) is 0 Å². The average molecular weight is 251 g/mol. The number of rotatable bonds is 2. The third-order valence-electron chi connectivity index (χ3n) is 1.92. The zero-order valence-electron chi connectivity index (χ0n) is 8.87. The van der Waals surface area contributed by atoms with Crippen LogP contribution < -0.4 is 10.4 Å². The normalized spacial score (nSPS) is 11.1. The van der Waals surface area contributed by atoms with Crippen molar-refractivity contribution in [2.45, 2.75) is 6.18 Å². The molecule has 0 aliphatic heterocycles. The van der Waals surface area contributed by atoms with Gasteiger partial charge in [-0.1, -0.05) is 0 Å². The molecule has 0 saturated heterocycles. The Morgan fingerprint density at radius 3 is 2.29 bits per heavy atom. The Labute approximate surface area is 93.3 Å². The Balaban J connectivity index is 3.49. The minimum absolute atomic E-state index is 0.231. The summed E-state index contributed by atoms with van der Waals surface area (Å²) >= 11 is 0. The molecule has 0 N–H and O–H groups in total.